The third-order valence-corrected chi connectivity index (χ3v) is 11.1. The zero-order valence-electron chi connectivity index (χ0n) is 27.1. The summed E-state index contributed by atoms with van der Waals surface area (Å²) in [6.07, 6.45) is 7.89. The minimum absolute atomic E-state index is 0.0423. The molecular weight excluding hydrogens is 558 g/mol. The Labute approximate surface area is 272 Å². The van der Waals surface area contributed by atoms with E-state index in [0.29, 0.717) is 0 Å². The molecule has 0 saturated carbocycles. The molecule has 0 spiro atoms. The molecule has 8 rings (SSSR count). The highest BCUT2D eigenvalue weighted by atomic mass is 14.7. The Kier molecular flexibility index (Phi) is 6.76. The summed E-state index contributed by atoms with van der Waals surface area (Å²) in [5.74, 6) is 0. The van der Waals surface area contributed by atoms with Gasteiger partial charge in [0.2, 0.25) is 0 Å². The first kappa shape index (κ1) is 28.6. The first-order valence-corrected chi connectivity index (χ1v) is 16.9. The lowest BCUT2D eigenvalue weighted by Crippen LogP contribution is -2.26. The summed E-state index contributed by atoms with van der Waals surface area (Å²) < 4.78 is 0. The molecule has 3 aromatic heterocycles. The number of hydrogen-bond donors (Lipinski definition) is 0. The van der Waals surface area contributed by atoms with Crippen LogP contribution in [-0.4, -0.2) is 15.0 Å². The quantitative estimate of drug-likeness (QED) is 0.184. The summed E-state index contributed by atoms with van der Waals surface area (Å²) in [6, 6.07) is 37.5. The summed E-state index contributed by atoms with van der Waals surface area (Å²) in [7, 11) is 0. The smallest absolute Gasteiger partial charge is 0.0710 e. The molecule has 6 aromatic rings. The van der Waals surface area contributed by atoms with Crippen molar-refractivity contribution in [2.45, 2.75) is 64.2 Å². The van der Waals surface area contributed by atoms with Crippen molar-refractivity contribution >= 4 is 22.0 Å². The van der Waals surface area contributed by atoms with Crippen LogP contribution in [0.3, 0.4) is 0 Å². The van der Waals surface area contributed by atoms with Crippen LogP contribution in [0.25, 0.3) is 55.8 Å². The lowest BCUT2D eigenvalue weighted by Gasteiger charge is -2.35. The zero-order valence-corrected chi connectivity index (χ0v) is 27.1. The number of pyridine rings is 3. The van der Waals surface area contributed by atoms with E-state index in [9.17, 15) is 0 Å². The van der Waals surface area contributed by atoms with Crippen LogP contribution in [0.5, 0.6) is 0 Å². The maximum atomic E-state index is 5.12. The molecule has 3 aromatic carbocycles. The molecule has 0 N–H and O–H groups in total. The van der Waals surface area contributed by atoms with Gasteiger partial charge in [-0.05, 0) is 108 Å². The Morgan fingerprint density at radius 1 is 0.478 bits per heavy atom. The van der Waals surface area contributed by atoms with E-state index in [0.717, 1.165) is 53.8 Å². The normalized spacial score (nSPS) is 15.6. The number of aromatic nitrogens is 3. The number of fused-ring (bicyclic) bond motifs is 5. The molecule has 46 heavy (non-hydrogen) atoms. The second kappa shape index (κ2) is 10.9. The van der Waals surface area contributed by atoms with E-state index in [1.807, 2.05) is 24.5 Å². The van der Waals surface area contributed by atoms with Gasteiger partial charge in [-0.1, -0.05) is 82.3 Å². The largest absolute Gasteiger partial charge is 0.265 e. The molecule has 0 radical (unpaired) electrons. The average molecular weight is 598 g/mol. The number of benzene rings is 3. The Bertz CT molecular complexity index is 2150. The van der Waals surface area contributed by atoms with E-state index < -0.39 is 0 Å². The van der Waals surface area contributed by atoms with Crippen molar-refractivity contribution in [3.63, 3.8) is 0 Å². The topological polar surface area (TPSA) is 38.7 Å². The molecule has 0 amide bonds. The van der Waals surface area contributed by atoms with Gasteiger partial charge in [0, 0.05) is 45.3 Å². The third kappa shape index (κ3) is 4.00. The van der Waals surface area contributed by atoms with Gasteiger partial charge in [0.05, 0.1) is 22.6 Å². The predicted molar refractivity (Wildman–Crippen MR) is 191 cm³/mol. The van der Waals surface area contributed by atoms with Crippen molar-refractivity contribution in [3.05, 3.63) is 138 Å². The third-order valence-electron chi connectivity index (χ3n) is 11.1. The number of allylic oxidation sites excluding steroid dienone is 2. The fourth-order valence-electron chi connectivity index (χ4n) is 8.64. The molecular formula is C43H39N3. The van der Waals surface area contributed by atoms with Crippen molar-refractivity contribution < 1.29 is 0 Å². The highest BCUT2D eigenvalue weighted by Gasteiger charge is 2.54. The summed E-state index contributed by atoms with van der Waals surface area (Å²) in [5, 5.41) is 1.18. The molecule has 0 atom stereocenters. The second-order valence-electron chi connectivity index (χ2n) is 12.9. The monoisotopic (exact) mass is 597 g/mol. The van der Waals surface area contributed by atoms with Crippen molar-refractivity contribution in [3.8, 4) is 33.8 Å². The molecule has 226 valence electrons. The standard InChI is InChI=1S/C43H39N3/c1-5-42(6-2)34-26-30(38-15-11-14-37(45-38)29-22-24-44-25-23-29)16-19-32(34)40-41(42)33-20-17-31(27-35(33)43(40,7-3)8-4)39-21-18-28-12-9-10-13-36(28)46-39/h9-27H,5-8H2,1-4H3. The van der Waals surface area contributed by atoms with E-state index in [1.54, 1.807) is 11.1 Å². The van der Waals surface area contributed by atoms with Crippen LogP contribution < -0.4 is 0 Å². The number of para-hydroxylation sites is 1. The Hall–Kier alpha value is -4.89. The summed E-state index contributed by atoms with van der Waals surface area (Å²) in [5.41, 5.74) is 16.3. The predicted octanol–water partition coefficient (Wildman–Crippen LogP) is 11.1. The number of nitrogens with zero attached hydrogens (tertiary/aromatic N) is 3. The van der Waals surface area contributed by atoms with E-state index in [1.165, 1.54) is 38.8 Å². The SMILES string of the molecule is CCC1(CC)C2=C(c3ccc(-c4cccc(-c5ccncc5)n4)cc31)C(CC)(CC)c1cc(-c3ccc4ccccc4n3)ccc12. The van der Waals surface area contributed by atoms with Crippen molar-refractivity contribution in [2.75, 3.05) is 0 Å². The van der Waals surface area contributed by atoms with Gasteiger partial charge in [0.15, 0.2) is 0 Å². The highest BCUT2D eigenvalue weighted by Crippen LogP contribution is 2.67. The minimum Gasteiger partial charge on any atom is -0.265 e. The molecule has 0 unspecified atom stereocenters. The molecule has 0 saturated heterocycles. The second-order valence-corrected chi connectivity index (χ2v) is 12.9. The van der Waals surface area contributed by atoms with Gasteiger partial charge in [-0.2, -0.15) is 0 Å². The fraction of sp³-hybridized carbons (Fsp3) is 0.233. The van der Waals surface area contributed by atoms with Crippen LogP contribution in [0.1, 0.15) is 75.6 Å². The molecule has 3 nitrogen and oxygen atoms in total. The van der Waals surface area contributed by atoms with Crippen LogP contribution in [-0.2, 0) is 10.8 Å². The van der Waals surface area contributed by atoms with E-state index in [-0.39, 0.29) is 10.8 Å². The van der Waals surface area contributed by atoms with Gasteiger partial charge in [-0.25, -0.2) is 9.97 Å². The lowest BCUT2D eigenvalue weighted by molar-refractivity contribution is 0.518. The summed E-state index contributed by atoms with van der Waals surface area (Å²) >= 11 is 0. The Morgan fingerprint density at radius 3 is 1.61 bits per heavy atom. The van der Waals surface area contributed by atoms with Crippen LogP contribution >= 0.6 is 0 Å². The van der Waals surface area contributed by atoms with Gasteiger partial charge in [-0.15, -0.1) is 0 Å². The zero-order chi connectivity index (χ0) is 31.5. The number of rotatable bonds is 7. The van der Waals surface area contributed by atoms with Crippen molar-refractivity contribution in [1.29, 1.82) is 0 Å². The highest BCUT2D eigenvalue weighted by molar-refractivity contribution is 6.10. The van der Waals surface area contributed by atoms with Crippen LogP contribution in [0.2, 0.25) is 0 Å². The first-order valence-electron chi connectivity index (χ1n) is 16.9. The average Bonchev–Trinajstić information content (AvgIpc) is 3.59. The molecule has 0 aliphatic heterocycles. The van der Waals surface area contributed by atoms with E-state index >= 15 is 0 Å². The maximum Gasteiger partial charge on any atom is 0.0710 e. The molecule has 3 heteroatoms. The minimum atomic E-state index is -0.0487. The molecule has 3 heterocycles. The van der Waals surface area contributed by atoms with E-state index in [4.69, 9.17) is 9.97 Å². The van der Waals surface area contributed by atoms with Gasteiger partial charge < -0.3 is 0 Å². The van der Waals surface area contributed by atoms with Crippen molar-refractivity contribution in [2.24, 2.45) is 0 Å². The molecule has 0 fully saturated rings. The maximum absolute atomic E-state index is 5.12. The first-order chi connectivity index (χ1) is 22.6. The number of hydrogen-bond acceptors (Lipinski definition) is 3. The fourth-order valence-corrected chi connectivity index (χ4v) is 8.64. The van der Waals surface area contributed by atoms with Crippen LogP contribution in [0.4, 0.5) is 0 Å². The van der Waals surface area contributed by atoms with Gasteiger partial charge in [0.25, 0.3) is 0 Å². The summed E-state index contributed by atoms with van der Waals surface area (Å²) in [4.78, 5) is 14.4. The van der Waals surface area contributed by atoms with Gasteiger partial charge in [-0.3, -0.25) is 4.98 Å². The van der Waals surface area contributed by atoms with Crippen LogP contribution in [0, 0.1) is 0 Å². The lowest BCUT2D eigenvalue weighted by atomic mass is 9.68. The van der Waals surface area contributed by atoms with Gasteiger partial charge in [0.1, 0.15) is 0 Å². The Balaban J connectivity index is 1.27. The Morgan fingerprint density at radius 2 is 1.02 bits per heavy atom. The van der Waals surface area contributed by atoms with Crippen LogP contribution in [0.15, 0.2) is 116 Å². The molecule has 0 bridgehead atoms. The van der Waals surface area contributed by atoms with Crippen molar-refractivity contribution in [1.82, 2.24) is 15.0 Å². The molecule has 2 aliphatic rings. The molecule has 2 aliphatic carbocycles. The summed E-state index contributed by atoms with van der Waals surface area (Å²) in [6.45, 7) is 9.52. The van der Waals surface area contributed by atoms with Gasteiger partial charge >= 0.3 is 0 Å². The van der Waals surface area contributed by atoms with E-state index in [2.05, 4.69) is 124 Å².